The third-order valence-electron chi connectivity index (χ3n) is 7.57. The van der Waals surface area contributed by atoms with Gasteiger partial charge in [-0.25, -0.2) is 9.59 Å². The normalized spacial score (nSPS) is 14.6. The molecule has 0 fully saturated rings. The van der Waals surface area contributed by atoms with Gasteiger partial charge in [0.25, 0.3) is 0 Å². The Morgan fingerprint density at radius 2 is 1.15 bits per heavy atom. The van der Waals surface area contributed by atoms with Crippen molar-refractivity contribution in [3.8, 4) is 11.5 Å². The van der Waals surface area contributed by atoms with E-state index in [2.05, 4.69) is 20.8 Å². The van der Waals surface area contributed by atoms with Gasteiger partial charge in [0.1, 0.15) is 11.5 Å². The summed E-state index contributed by atoms with van der Waals surface area (Å²) in [5, 5.41) is 1.47. The third kappa shape index (κ3) is 9.74. The topological polar surface area (TPSA) is 71.1 Å². The van der Waals surface area contributed by atoms with E-state index in [9.17, 15) is 9.59 Å². The molecule has 0 amide bonds. The van der Waals surface area contributed by atoms with Crippen LogP contribution in [-0.4, -0.2) is 25.5 Å². The van der Waals surface area contributed by atoms with Crippen molar-refractivity contribution in [3.05, 3.63) is 35.4 Å². The lowest BCUT2D eigenvalue weighted by Gasteiger charge is -2.27. The highest BCUT2D eigenvalue weighted by Crippen LogP contribution is 2.45. The van der Waals surface area contributed by atoms with E-state index in [0.29, 0.717) is 30.6 Å². The Morgan fingerprint density at radius 1 is 0.692 bits per heavy atom. The van der Waals surface area contributed by atoms with E-state index in [1.807, 2.05) is 24.3 Å². The quantitative estimate of drug-likeness (QED) is 0.120. The van der Waals surface area contributed by atoms with Crippen LogP contribution in [0.15, 0.2) is 24.3 Å². The standard InChI is InChI=1S/C33H48O6/c1-4-6-8-10-12-16-22-36-32(34)38-30-26-18-14-15-19-27(26)31(29-24-25(3)20-21-28(29)30)39-33(35)37-23-17-13-11-9-7-5-2/h14-15,18-19,25H,4-13,16-17,20-24H2,1-3H3. The minimum atomic E-state index is -0.679. The number of unbranched alkanes of at least 4 members (excludes halogenated alkanes) is 10. The average molecular weight is 541 g/mol. The molecule has 0 radical (unpaired) electrons. The van der Waals surface area contributed by atoms with Gasteiger partial charge in [-0.05, 0) is 38.0 Å². The van der Waals surface area contributed by atoms with Gasteiger partial charge in [-0.1, -0.05) is 109 Å². The summed E-state index contributed by atoms with van der Waals surface area (Å²) in [7, 11) is 0. The molecule has 1 aliphatic carbocycles. The molecule has 0 heterocycles. The summed E-state index contributed by atoms with van der Waals surface area (Å²) >= 11 is 0. The van der Waals surface area contributed by atoms with Crippen LogP contribution >= 0.6 is 0 Å². The number of fused-ring (bicyclic) bond motifs is 2. The van der Waals surface area contributed by atoms with E-state index >= 15 is 0 Å². The molecule has 216 valence electrons. The van der Waals surface area contributed by atoms with Crippen molar-refractivity contribution in [2.45, 2.75) is 117 Å². The second-order valence-electron chi connectivity index (χ2n) is 10.9. The van der Waals surface area contributed by atoms with Crippen LogP contribution in [0.25, 0.3) is 10.8 Å². The van der Waals surface area contributed by atoms with Crippen molar-refractivity contribution in [3.63, 3.8) is 0 Å². The van der Waals surface area contributed by atoms with Crippen LogP contribution in [0.2, 0.25) is 0 Å². The summed E-state index contributed by atoms with van der Waals surface area (Å²) < 4.78 is 22.6. The smallest absolute Gasteiger partial charge is 0.434 e. The maximum atomic E-state index is 12.7. The number of rotatable bonds is 16. The summed E-state index contributed by atoms with van der Waals surface area (Å²) in [5.74, 6) is 1.47. The van der Waals surface area contributed by atoms with Crippen LogP contribution in [0, 0.1) is 5.92 Å². The van der Waals surface area contributed by atoms with Crippen molar-refractivity contribution in [1.29, 1.82) is 0 Å². The van der Waals surface area contributed by atoms with Crippen LogP contribution in [0.3, 0.4) is 0 Å². The van der Waals surface area contributed by atoms with Gasteiger partial charge in [0.05, 0.1) is 13.2 Å². The third-order valence-corrected chi connectivity index (χ3v) is 7.57. The molecule has 0 bridgehead atoms. The van der Waals surface area contributed by atoms with E-state index in [1.165, 1.54) is 38.5 Å². The van der Waals surface area contributed by atoms with Gasteiger partial charge in [0.15, 0.2) is 0 Å². The van der Waals surface area contributed by atoms with E-state index in [0.717, 1.165) is 79.7 Å². The predicted molar refractivity (Wildman–Crippen MR) is 156 cm³/mol. The summed E-state index contributed by atoms with van der Waals surface area (Å²) in [6, 6.07) is 7.60. The lowest BCUT2D eigenvalue weighted by Crippen LogP contribution is -2.20. The Hall–Kier alpha value is -2.76. The van der Waals surface area contributed by atoms with Gasteiger partial charge >= 0.3 is 12.3 Å². The number of carbonyl (C=O) groups is 2. The lowest BCUT2D eigenvalue weighted by molar-refractivity contribution is 0.0950. The predicted octanol–water partition coefficient (Wildman–Crippen LogP) is 9.72. The van der Waals surface area contributed by atoms with Crippen molar-refractivity contribution < 1.29 is 28.5 Å². The van der Waals surface area contributed by atoms with Crippen molar-refractivity contribution >= 4 is 23.1 Å². The van der Waals surface area contributed by atoms with Crippen molar-refractivity contribution in [2.24, 2.45) is 5.92 Å². The van der Waals surface area contributed by atoms with Crippen LogP contribution in [0.1, 0.15) is 115 Å². The Kier molecular flexibility index (Phi) is 13.4. The SMILES string of the molecule is CCCCCCCCOC(=O)Oc1c2c(c(OC(=O)OCCCCCCCC)c3ccccc13)CC(C)CC2. The van der Waals surface area contributed by atoms with Gasteiger partial charge in [0.2, 0.25) is 0 Å². The number of hydrogen-bond donors (Lipinski definition) is 0. The molecule has 6 heteroatoms. The molecule has 39 heavy (non-hydrogen) atoms. The molecular weight excluding hydrogens is 492 g/mol. The van der Waals surface area contributed by atoms with Crippen LogP contribution in [0.4, 0.5) is 9.59 Å². The minimum absolute atomic E-state index is 0.354. The van der Waals surface area contributed by atoms with Crippen LogP contribution in [-0.2, 0) is 22.3 Å². The molecule has 6 nitrogen and oxygen atoms in total. The molecule has 1 atom stereocenters. The Balaban J connectivity index is 1.70. The molecule has 3 rings (SSSR count). The van der Waals surface area contributed by atoms with E-state index < -0.39 is 12.3 Å². The summed E-state index contributed by atoms with van der Waals surface area (Å²) in [6.45, 7) is 7.29. The molecule has 1 aliphatic rings. The van der Waals surface area contributed by atoms with Gasteiger partial charge in [0, 0.05) is 21.9 Å². The maximum absolute atomic E-state index is 12.7. The monoisotopic (exact) mass is 540 g/mol. The van der Waals surface area contributed by atoms with Crippen molar-refractivity contribution in [2.75, 3.05) is 13.2 Å². The number of carbonyl (C=O) groups excluding carboxylic acids is 2. The molecule has 0 N–H and O–H groups in total. The first-order valence-corrected chi connectivity index (χ1v) is 15.3. The zero-order chi connectivity index (χ0) is 27.9. The van der Waals surface area contributed by atoms with Crippen molar-refractivity contribution in [1.82, 2.24) is 0 Å². The largest absolute Gasteiger partial charge is 0.513 e. The fourth-order valence-corrected chi connectivity index (χ4v) is 5.33. The summed E-state index contributed by atoms with van der Waals surface area (Å²) in [6.07, 6.45) is 14.5. The second kappa shape index (κ2) is 17.0. The zero-order valence-corrected chi connectivity index (χ0v) is 24.4. The fraction of sp³-hybridized carbons (Fsp3) is 0.636. The van der Waals surface area contributed by atoms with E-state index in [-0.39, 0.29) is 0 Å². The first-order valence-electron chi connectivity index (χ1n) is 15.3. The highest BCUT2D eigenvalue weighted by molar-refractivity contribution is 5.98. The first kappa shape index (κ1) is 30.8. The van der Waals surface area contributed by atoms with E-state index in [4.69, 9.17) is 18.9 Å². The van der Waals surface area contributed by atoms with E-state index in [1.54, 1.807) is 0 Å². The zero-order valence-electron chi connectivity index (χ0n) is 24.4. The Labute approximate surface area is 234 Å². The molecule has 0 aliphatic heterocycles. The summed E-state index contributed by atoms with van der Waals surface area (Å²) in [4.78, 5) is 25.4. The lowest BCUT2D eigenvalue weighted by atomic mass is 9.82. The maximum Gasteiger partial charge on any atom is 0.513 e. The minimum Gasteiger partial charge on any atom is -0.434 e. The number of hydrogen-bond acceptors (Lipinski definition) is 6. The van der Waals surface area contributed by atoms with Gasteiger partial charge in [-0.2, -0.15) is 0 Å². The van der Waals surface area contributed by atoms with Gasteiger partial charge in [-0.15, -0.1) is 0 Å². The summed E-state index contributed by atoms with van der Waals surface area (Å²) in [5.41, 5.74) is 1.84. The second-order valence-corrected chi connectivity index (χ2v) is 10.9. The highest BCUT2D eigenvalue weighted by Gasteiger charge is 2.29. The molecule has 1 unspecified atom stereocenters. The molecule has 2 aromatic rings. The first-order chi connectivity index (χ1) is 19.0. The average Bonchev–Trinajstić information content (AvgIpc) is 2.93. The van der Waals surface area contributed by atoms with Crippen LogP contribution < -0.4 is 9.47 Å². The fourth-order valence-electron chi connectivity index (χ4n) is 5.33. The van der Waals surface area contributed by atoms with Gasteiger partial charge < -0.3 is 18.9 Å². The Morgan fingerprint density at radius 3 is 1.67 bits per heavy atom. The molecule has 0 aromatic heterocycles. The molecule has 0 saturated carbocycles. The number of ether oxygens (including phenoxy) is 4. The van der Waals surface area contributed by atoms with Crippen LogP contribution in [0.5, 0.6) is 11.5 Å². The Bertz CT molecular complexity index is 1050. The highest BCUT2D eigenvalue weighted by atomic mass is 16.7. The molecule has 0 saturated heterocycles. The molecule has 2 aromatic carbocycles. The van der Waals surface area contributed by atoms with Gasteiger partial charge in [-0.3, -0.25) is 0 Å². The molecule has 0 spiro atoms. The molecular formula is C33H48O6. The number of benzene rings is 2.